The molecular formula is C25H31N3O. The van der Waals surface area contributed by atoms with Crippen molar-refractivity contribution >= 4 is 22.5 Å². The number of nitrogens with one attached hydrogen (secondary N) is 2. The zero-order chi connectivity index (χ0) is 20.2. The van der Waals surface area contributed by atoms with Gasteiger partial charge < -0.3 is 10.3 Å². The van der Waals surface area contributed by atoms with Crippen molar-refractivity contribution in [3.63, 3.8) is 0 Å². The Bertz CT molecular complexity index is 987. The van der Waals surface area contributed by atoms with Gasteiger partial charge in [-0.25, -0.2) is 0 Å². The second-order valence-electron chi connectivity index (χ2n) is 8.12. The number of aromatic nitrogens is 1. The van der Waals surface area contributed by atoms with E-state index in [2.05, 4.69) is 71.6 Å². The minimum atomic E-state index is 0.0818. The van der Waals surface area contributed by atoms with Gasteiger partial charge in [0.25, 0.3) is 0 Å². The molecule has 1 aliphatic rings. The maximum absolute atomic E-state index is 12.4. The number of hydrogen-bond acceptors (Lipinski definition) is 2. The van der Waals surface area contributed by atoms with Crippen molar-refractivity contribution < 1.29 is 4.79 Å². The summed E-state index contributed by atoms with van der Waals surface area (Å²) in [7, 11) is 0. The van der Waals surface area contributed by atoms with Gasteiger partial charge in [-0.3, -0.25) is 9.69 Å². The third-order valence-electron chi connectivity index (χ3n) is 6.30. The maximum Gasteiger partial charge on any atom is 0.227 e. The van der Waals surface area contributed by atoms with Gasteiger partial charge in [-0.05, 0) is 60.6 Å². The van der Waals surface area contributed by atoms with Crippen LogP contribution in [0.3, 0.4) is 0 Å². The Balaban J connectivity index is 1.44. The average molecular weight is 390 g/mol. The summed E-state index contributed by atoms with van der Waals surface area (Å²) in [6.45, 7) is 7.34. The van der Waals surface area contributed by atoms with E-state index in [-0.39, 0.29) is 11.8 Å². The van der Waals surface area contributed by atoms with Gasteiger partial charge in [0.15, 0.2) is 0 Å². The number of aromatic amines is 1. The lowest BCUT2D eigenvalue weighted by Crippen LogP contribution is -2.32. The van der Waals surface area contributed by atoms with Crippen LogP contribution in [-0.2, 0) is 24.2 Å². The third kappa shape index (κ3) is 4.38. The Hall–Kier alpha value is -2.59. The molecule has 0 saturated carbocycles. The fourth-order valence-electron chi connectivity index (χ4n) is 4.39. The van der Waals surface area contributed by atoms with E-state index in [1.807, 2.05) is 6.07 Å². The fourth-order valence-corrected chi connectivity index (χ4v) is 4.39. The van der Waals surface area contributed by atoms with Gasteiger partial charge in [0.1, 0.15) is 0 Å². The van der Waals surface area contributed by atoms with Crippen molar-refractivity contribution in [2.24, 2.45) is 5.92 Å². The van der Waals surface area contributed by atoms with Crippen LogP contribution in [0.5, 0.6) is 0 Å². The summed E-state index contributed by atoms with van der Waals surface area (Å²) < 4.78 is 0. The molecule has 2 heterocycles. The summed E-state index contributed by atoms with van der Waals surface area (Å²) in [5, 5.41) is 4.32. The van der Waals surface area contributed by atoms with Crippen molar-refractivity contribution in [2.45, 2.75) is 46.1 Å². The minimum absolute atomic E-state index is 0.0818. The molecule has 0 fully saturated rings. The number of carbonyl (C=O) groups is 1. The highest BCUT2D eigenvalue weighted by atomic mass is 16.1. The Kier molecular flexibility index (Phi) is 6.00. The van der Waals surface area contributed by atoms with Crippen molar-refractivity contribution in [3.05, 3.63) is 65.4 Å². The zero-order valence-corrected chi connectivity index (χ0v) is 17.5. The number of anilines is 1. The SMILES string of the molecule is CCC(CC)C(=O)Nc1ccc2[nH]cc(CCN3CCc4ccccc4C3)c2c1. The molecule has 152 valence electrons. The Labute approximate surface area is 173 Å². The summed E-state index contributed by atoms with van der Waals surface area (Å²) in [5.41, 5.74) is 6.29. The molecule has 0 saturated heterocycles. The molecule has 1 aromatic heterocycles. The quantitative estimate of drug-likeness (QED) is 0.587. The summed E-state index contributed by atoms with van der Waals surface area (Å²) >= 11 is 0. The summed E-state index contributed by atoms with van der Waals surface area (Å²) in [6, 6.07) is 15.0. The van der Waals surface area contributed by atoms with Crippen LogP contribution in [-0.4, -0.2) is 28.9 Å². The van der Waals surface area contributed by atoms with Crippen LogP contribution < -0.4 is 5.32 Å². The van der Waals surface area contributed by atoms with Crippen LogP contribution in [0.2, 0.25) is 0 Å². The third-order valence-corrected chi connectivity index (χ3v) is 6.30. The minimum Gasteiger partial charge on any atom is -0.361 e. The zero-order valence-electron chi connectivity index (χ0n) is 17.5. The molecular weight excluding hydrogens is 358 g/mol. The maximum atomic E-state index is 12.4. The number of hydrogen-bond donors (Lipinski definition) is 2. The number of amides is 1. The Morgan fingerprint density at radius 1 is 1.14 bits per heavy atom. The number of nitrogens with zero attached hydrogens (tertiary/aromatic N) is 1. The van der Waals surface area contributed by atoms with Gasteiger partial charge in [0.2, 0.25) is 5.91 Å². The average Bonchev–Trinajstić information content (AvgIpc) is 3.15. The van der Waals surface area contributed by atoms with Crippen LogP contribution in [0.1, 0.15) is 43.4 Å². The summed E-state index contributed by atoms with van der Waals surface area (Å²) in [4.78, 5) is 18.4. The first kappa shape index (κ1) is 19.7. The van der Waals surface area contributed by atoms with Gasteiger partial charge in [0, 0.05) is 48.3 Å². The first-order valence-electron chi connectivity index (χ1n) is 10.9. The Morgan fingerprint density at radius 2 is 1.93 bits per heavy atom. The summed E-state index contributed by atoms with van der Waals surface area (Å²) in [6.07, 6.45) is 6.01. The monoisotopic (exact) mass is 389 g/mol. The molecule has 1 aliphatic heterocycles. The largest absolute Gasteiger partial charge is 0.361 e. The van der Waals surface area contributed by atoms with Crippen molar-refractivity contribution in [2.75, 3.05) is 18.4 Å². The van der Waals surface area contributed by atoms with Gasteiger partial charge >= 0.3 is 0 Å². The van der Waals surface area contributed by atoms with Crippen LogP contribution in [0.15, 0.2) is 48.7 Å². The topological polar surface area (TPSA) is 48.1 Å². The first-order valence-corrected chi connectivity index (χ1v) is 10.9. The molecule has 0 unspecified atom stereocenters. The normalized spacial score (nSPS) is 14.3. The molecule has 4 heteroatoms. The van der Waals surface area contributed by atoms with Crippen molar-refractivity contribution in [3.8, 4) is 0 Å². The lowest BCUT2D eigenvalue weighted by Gasteiger charge is -2.28. The molecule has 4 rings (SSSR count). The second-order valence-corrected chi connectivity index (χ2v) is 8.12. The standard InChI is InChI=1S/C25H31N3O/c1-3-18(4-2)25(29)27-22-9-10-24-23(15-22)20(16-26-24)12-14-28-13-11-19-7-5-6-8-21(19)17-28/h5-10,15-16,18,26H,3-4,11-14,17H2,1-2H3,(H,27,29). The molecule has 1 amide bonds. The molecule has 0 atom stereocenters. The van der Waals surface area contributed by atoms with Crippen molar-refractivity contribution in [1.82, 2.24) is 9.88 Å². The molecule has 2 N–H and O–H groups in total. The lowest BCUT2D eigenvalue weighted by atomic mass is 9.99. The van der Waals surface area contributed by atoms with Gasteiger partial charge in [-0.15, -0.1) is 0 Å². The number of H-pyrrole nitrogens is 1. The highest BCUT2D eigenvalue weighted by Gasteiger charge is 2.17. The lowest BCUT2D eigenvalue weighted by molar-refractivity contribution is -0.120. The van der Waals surface area contributed by atoms with Crippen LogP contribution >= 0.6 is 0 Å². The van der Waals surface area contributed by atoms with Gasteiger partial charge in [0.05, 0.1) is 0 Å². The fraction of sp³-hybridized carbons (Fsp3) is 0.400. The van der Waals surface area contributed by atoms with Crippen LogP contribution in [0, 0.1) is 5.92 Å². The van der Waals surface area contributed by atoms with E-state index in [4.69, 9.17) is 0 Å². The van der Waals surface area contributed by atoms with Crippen molar-refractivity contribution in [1.29, 1.82) is 0 Å². The smallest absolute Gasteiger partial charge is 0.227 e. The number of benzene rings is 2. The first-order chi connectivity index (χ1) is 14.2. The predicted octanol–water partition coefficient (Wildman–Crippen LogP) is 5.14. The van der Waals surface area contributed by atoms with E-state index >= 15 is 0 Å². The molecule has 2 aromatic carbocycles. The van der Waals surface area contributed by atoms with E-state index < -0.39 is 0 Å². The van der Waals surface area contributed by atoms with Gasteiger partial charge in [-0.2, -0.15) is 0 Å². The molecule has 0 spiro atoms. The predicted molar refractivity (Wildman–Crippen MR) is 120 cm³/mol. The number of rotatable bonds is 7. The summed E-state index contributed by atoms with van der Waals surface area (Å²) in [5.74, 6) is 0.205. The van der Waals surface area contributed by atoms with E-state index in [1.54, 1.807) is 0 Å². The van der Waals surface area contributed by atoms with Gasteiger partial charge in [-0.1, -0.05) is 38.1 Å². The highest BCUT2D eigenvalue weighted by molar-refractivity contribution is 5.95. The number of fused-ring (bicyclic) bond motifs is 2. The van der Waals surface area contributed by atoms with E-state index in [0.29, 0.717) is 0 Å². The van der Waals surface area contributed by atoms with Crippen LogP contribution in [0.25, 0.3) is 10.9 Å². The highest BCUT2D eigenvalue weighted by Crippen LogP contribution is 2.25. The van der Waals surface area contributed by atoms with E-state index in [0.717, 1.165) is 56.5 Å². The molecule has 29 heavy (non-hydrogen) atoms. The molecule has 3 aromatic rings. The van der Waals surface area contributed by atoms with Crippen LogP contribution in [0.4, 0.5) is 5.69 Å². The molecule has 0 aliphatic carbocycles. The second kappa shape index (κ2) is 8.83. The molecule has 4 nitrogen and oxygen atoms in total. The Morgan fingerprint density at radius 3 is 2.72 bits per heavy atom. The molecule has 0 radical (unpaired) electrons. The number of carbonyl (C=O) groups excluding carboxylic acids is 1. The van der Waals surface area contributed by atoms with E-state index in [1.165, 1.54) is 22.1 Å². The molecule has 0 bridgehead atoms. The van der Waals surface area contributed by atoms with E-state index in [9.17, 15) is 4.79 Å².